The maximum absolute atomic E-state index is 12.9. The summed E-state index contributed by atoms with van der Waals surface area (Å²) in [5.74, 6) is 0.588. The van der Waals surface area contributed by atoms with Gasteiger partial charge in [0.2, 0.25) is 0 Å². The molecule has 0 spiro atoms. The third-order valence-electron chi connectivity index (χ3n) is 6.91. The van der Waals surface area contributed by atoms with E-state index in [0.717, 1.165) is 33.4 Å². The number of fused-ring (bicyclic) bond motifs is 2. The molecule has 0 bridgehead atoms. The molecule has 1 aromatic carbocycles. The molecule has 188 valence electrons. The van der Waals surface area contributed by atoms with E-state index in [1.807, 2.05) is 23.1 Å². The number of anilines is 1. The van der Waals surface area contributed by atoms with E-state index in [1.165, 1.54) is 0 Å². The number of nitrogens with zero attached hydrogens (tertiary/aromatic N) is 7. The summed E-state index contributed by atoms with van der Waals surface area (Å²) in [5.41, 5.74) is 5.74. The minimum absolute atomic E-state index is 0.0815. The molecule has 0 aliphatic carbocycles. The maximum atomic E-state index is 12.9. The Morgan fingerprint density at radius 2 is 2.00 bits per heavy atom. The number of rotatable bonds is 5. The fraction of sp³-hybridized carbons (Fsp3) is 0.308. The van der Waals surface area contributed by atoms with Crippen LogP contribution in [-0.4, -0.2) is 67.1 Å². The molecular formula is C26H25ClN8O2. The predicted molar refractivity (Wildman–Crippen MR) is 140 cm³/mol. The minimum atomic E-state index is -0.114. The van der Waals surface area contributed by atoms with Crippen LogP contribution in [0.15, 0.2) is 47.6 Å². The third-order valence-corrected chi connectivity index (χ3v) is 7.22. The summed E-state index contributed by atoms with van der Waals surface area (Å²) >= 11 is 6.76. The van der Waals surface area contributed by atoms with Gasteiger partial charge in [0.05, 0.1) is 28.2 Å². The number of aryl methyl sites for hydroxylation is 1. The van der Waals surface area contributed by atoms with Crippen LogP contribution in [0.4, 0.5) is 5.69 Å². The summed E-state index contributed by atoms with van der Waals surface area (Å²) in [7, 11) is 0. The number of hydrogen-bond donors (Lipinski definition) is 1. The van der Waals surface area contributed by atoms with E-state index in [9.17, 15) is 4.79 Å². The van der Waals surface area contributed by atoms with Crippen LogP contribution in [0.5, 0.6) is 0 Å². The van der Waals surface area contributed by atoms with Crippen molar-refractivity contribution in [2.24, 2.45) is 0 Å². The quantitative estimate of drug-likeness (QED) is 0.370. The third kappa shape index (κ3) is 4.27. The van der Waals surface area contributed by atoms with Gasteiger partial charge in [-0.05, 0) is 43.0 Å². The highest BCUT2D eigenvalue weighted by molar-refractivity contribution is 6.36. The number of carbonyl (C=O) groups excluding carboxylic acids is 1. The summed E-state index contributed by atoms with van der Waals surface area (Å²) in [6.45, 7) is 6.40. The number of H-pyrrole nitrogens is 1. The molecular weight excluding hydrogens is 492 g/mol. The second kappa shape index (κ2) is 9.44. The number of hydrogen-bond acceptors (Lipinski definition) is 8. The molecule has 1 saturated heterocycles. The molecule has 0 saturated carbocycles. The van der Waals surface area contributed by atoms with Crippen molar-refractivity contribution in [3.05, 3.63) is 70.9 Å². The summed E-state index contributed by atoms with van der Waals surface area (Å²) in [6, 6.07) is 7.61. The van der Waals surface area contributed by atoms with Gasteiger partial charge < -0.3 is 19.3 Å². The molecule has 0 radical (unpaired) electrons. The number of pyridine rings is 1. The Morgan fingerprint density at radius 3 is 2.78 bits per heavy atom. The first-order valence-electron chi connectivity index (χ1n) is 12.2. The topological polar surface area (TPSA) is 117 Å². The van der Waals surface area contributed by atoms with Crippen LogP contribution in [0.3, 0.4) is 0 Å². The van der Waals surface area contributed by atoms with Gasteiger partial charge in [0.1, 0.15) is 17.6 Å². The number of amides is 1. The van der Waals surface area contributed by atoms with Crippen molar-refractivity contribution in [2.75, 3.05) is 31.1 Å². The molecule has 1 unspecified atom stereocenters. The highest BCUT2D eigenvalue weighted by Crippen LogP contribution is 2.40. The van der Waals surface area contributed by atoms with Crippen LogP contribution in [0.1, 0.15) is 40.3 Å². The Kier molecular flexibility index (Phi) is 5.96. The largest absolute Gasteiger partial charge is 0.366 e. The van der Waals surface area contributed by atoms with Crippen molar-refractivity contribution in [1.82, 2.24) is 35.0 Å². The number of nitrogens with one attached hydrogen (secondary N) is 1. The van der Waals surface area contributed by atoms with E-state index in [0.29, 0.717) is 54.7 Å². The SMILES string of the molecule is Cc1cc(C(=O)N2CCN(c3c(C(C)Cc4ncnc5nc[nH]c45)cc(Cl)c4cccnc34)CC2)no1. The van der Waals surface area contributed by atoms with Gasteiger partial charge in [0.25, 0.3) is 5.91 Å². The van der Waals surface area contributed by atoms with Crippen molar-refractivity contribution in [3.63, 3.8) is 0 Å². The Morgan fingerprint density at radius 1 is 1.16 bits per heavy atom. The minimum Gasteiger partial charge on any atom is -0.366 e. The number of piperazine rings is 1. The van der Waals surface area contributed by atoms with Gasteiger partial charge in [0, 0.05) is 43.8 Å². The van der Waals surface area contributed by atoms with E-state index < -0.39 is 0 Å². The summed E-state index contributed by atoms with van der Waals surface area (Å²) in [4.78, 5) is 38.0. The monoisotopic (exact) mass is 516 g/mol. The first kappa shape index (κ1) is 23.4. The first-order chi connectivity index (χ1) is 18.0. The van der Waals surface area contributed by atoms with Crippen molar-refractivity contribution in [2.45, 2.75) is 26.2 Å². The molecule has 5 heterocycles. The van der Waals surface area contributed by atoms with Crippen LogP contribution in [0.25, 0.3) is 22.1 Å². The standard InChI is InChI=1S/C26H25ClN8O2/c1-15(10-20-23-25(31-13-29-20)32-14-30-23)18-12-19(27)17-4-3-5-28-22(17)24(18)34-6-8-35(9-7-34)26(36)21-11-16(2)37-33-21/h3-5,11-15H,6-10H2,1-2H3,(H,29,30,31,32). The maximum Gasteiger partial charge on any atom is 0.276 e. The predicted octanol–water partition coefficient (Wildman–Crippen LogP) is 4.16. The van der Waals surface area contributed by atoms with Crippen molar-refractivity contribution >= 4 is 45.3 Å². The van der Waals surface area contributed by atoms with E-state index in [4.69, 9.17) is 21.1 Å². The van der Waals surface area contributed by atoms with Crippen LogP contribution in [0.2, 0.25) is 5.02 Å². The van der Waals surface area contributed by atoms with Gasteiger partial charge in [-0.2, -0.15) is 0 Å². The highest BCUT2D eigenvalue weighted by atomic mass is 35.5. The number of aromatic amines is 1. The Labute approximate surface area is 217 Å². The van der Waals surface area contributed by atoms with Crippen LogP contribution in [-0.2, 0) is 6.42 Å². The second-order valence-corrected chi connectivity index (χ2v) is 9.73. The van der Waals surface area contributed by atoms with Gasteiger partial charge in [-0.15, -0.1) is 0 Å². The molecule has 4 aromatic heterocycles. The molecule has 10 nitrogen and oxygen atoms in total. The fourth-order valence-corrected chi connectivity index (χ4v) is 5.32. The highest BCUT2D eigenvalue weighted by Gasteiger charge is 2.28. The van der Waals surface area contributed by atoms with E-state index >= 15 is 0 Å². The number of carbonyl (C=O) groups is 1. The average Bonchev–Trinajstić information content (AvgIpc) is 3.58. The number of imidazole rings is 1. The smallest absolute Gasteiger partial charge is 0.276 e. The van der Waals surface area contributed by atoms with E-state index in [-0.39, 0.29) is 11.8 Å². The molecule has 1 amide bonds. The van der Waals surface area contributed by atoms with Crippen molar-refractivity contribution < 1.29 is 9.32 Å². The van der Waals surface area contributed by atoms with Gasteiger partial charge >= 0.3 is 0 Å². The number of halogens is 1. The molecule has 37 heavy (non-hydrogen) atoms. The lowest BCUT2D eigenvalue weighted by molar-refractivity contribution is 0.0736. The number of benzene rings is 1. The lowest BCUT2D eigenvalue weighted by Crippen LogP contribution is -2.49. The molecule has 5 aromatic rings. The Balaban J connectivity index is 1.33. The zero-order chi connectivity index (χ0) is 25.5. The molecule has 1 aliphatic heterocycles. The average molecular weight is 517 g/mol. The van der Waals surface area contributed by atoms with Gasteiger partial charge in [0.15, 0.2) is 11.3 Å². The lowest BCUT2D eigenvalue weighted by Gasteiger charge is -2.37. The van der Waals surface area contributed by atoms with Crippen molar-refractivity contribution in [1.29, 1.82) is 0 Å². The zero-order valence-electron chi connectivity index (χ0n) is 20.5. The van der Waals surface area contributed by atoms with Crippen molar-refractivity contribution in [3.8, 4) is 0 Å². The van der Waals surface area contributed by atoms with Crippen LogP contribution < -0.4 is 4.90 Å². The fourth-order valence-electron chi connectivity index (χ4n) is 5.05. The normalized spacial score (nSPS) is 15.0. The van der Waals surface area contributed by atoms with Gasteiger partial charge in [-0.1, -0.05) is 23.7 Å². The molecule has 6 rings (SSSR count). The molecule has 11 heteroatoms. The lowest BCUT2D eigenvalue weighted by atomic mass is 9.92. The Hall–Kier alpha value is -4.05. The summed E-state index contributed by atoms with van der Waals surface area (Å²) in [6.07, 6.45) is 5.65. The Bertz CT molecular complexity index is 1610. The van der Waals surface area contributed by atoms with Crippen LogP contribution in [0, 0.1) is 6.92 Å². The second-order valence-electron chi connectivity index (χ2n) is 9.32. The molecule has 1 fully saturated rings. The van der Waals surface area contributed by atoms with E-state index in [1.54, 1.807) is 31.8 Å². The van der Waals surface area contributed by atoms with Gasteiger partial charge in [-0.25, -0.2) is 15.0 Å². The summed E-state index contributed by atoms with van der Waals surface area (Å²) in [5, 5.41) is 5.46. The molecule has 1 atom stereocenters. The number of aromatic nitrogens is 6. The first-order valence-corrected chi connectivity index (χ1v) is 12.5. The summed E-state index contributed by atoms with van der Waals surface area (Å²) < 4.78 is 5.09. The van der Waals surface area contributed by atoms with E-state index in [2.05, 4.69) is 36.9 Å². The van der Waals surface area contributed by atoms with Gasteiger partial charge in [-0.3, -0.25) is 9.78 Å². The zero-order valence-corrected chi connectivity index (χ0v) is 21.2. The molecule has 1 aliphatic rings. The van der Waals surface area contributed by atoms with Crippen LogP contribution >= 0.6 is 11.6 Å². The molecule has 1 N–H and O–H groups in total.